The summed E-state index contributed by atoms with van der Waals surface area (Å²) in [6.45, 7) is 0. The Bertz CT molecular complexity index is 1530. The second-order valence-corrected chi connectivity index (χ2v) is 8.09. The SMILES string of the molecule is O=C(O)c1cn(C2CC2)c2c3c(c(F)cc2c1=O)Nc1c2c([nH]c1=N3)=C(Cl)C=CC2. The number of pyridine rings is 1. The number of benzene rings is 1. The number of rotatable bonds is 2. The number of allylic oxidation sites excluding steroid dienone is 2. The molecule has 0 amide bonds. The molecule has 30 heavy (non-hydrogen) atoms. The van der Waals surface area contributed by atoms with Gasteiger partial charge in [0.15, 0.2) is 5.49 Å². The molecule has 6 rings (SSSR count). The number of nitrogens with one attached hydrogen (secondary N) is 2. The molecule has 2 aliphatic carbocycles. The lowest BCUT2D eigenvalue weighted by molar-refractivity contribution is 0.0695. The van der Waals surface area contributed by atoms with E-state index in [9.17, 15) is 14.7 Å². The maximum absolute atomic E-state index is 15.1. The van der Waals surface area contributed by atoms with E-state index in [2.05, 4.69) is 15.3 Å². The highest BCUT2D eigenvalue weighted by Crippen LogP contribution is 2.44. The smallest absolute Gasteiger partial charge is 0.341 e. The molecule has 1 aliphatic heterocycles. The second-order valence-electron chi connectivity index (χ2n) is 7.69. The largest absolute Gasteiger partial charge is 0.477 e. The van der Waals surface area contributed by atoms with Gasteiger partial charge >= 0.3 is 5.97 Å². The van der Waals surface area contributed by atoms with Gasteiger partial charge in [-0.1, -0.05) is 17.7 Å². The summed E-state index contributed by atoms with van der Waals surface area (Å²) >= 11 is 6.30. The minimum absolute atomic E-state index is 0.00892. The van der Waals surface area contributed by atoms with Crippen molar-refractivity contribution in [1.82, 2.24) is 9.55 Å². The second kappa shape index (κ2) is 5.82. The summed E-state index contributed by atoms with van der Waals surface area (Å²) in [5, 5.41) is 13.9. The first-order valence-electron chi connectivity index (χ1n) is 9.51. The van der Waals surface area contributed by atoms with E-state index in [0.717, 1.165) is 29.8 Å². The average Bonchev–Trinajstić information content (AvgIpc) is 3.49. The molecule has 1 fully saturated rings. The Hall–Kier alpha value is -3.39. The standard InChI is InChI=1S/C21H14ClFN4O3/c22-12-3-1-2-9-14(12)25-20-15(9)24-16-13(23)6-10-18(17(16)26-20)27(8-4-5-8)7-11(19(10)28)21(29)30/h1,3,6-8,24H,2,4-5H2,(H,25,26)(H,29,30). The monoisotopic (exact) mass is 424 g/mol. The summed E-state index contributed by atoms with van der Waals surface area (Å²) in [6.07, 6.45) is 7.41. The van der Waals surface area contributed by atoms with Crippen LogP contribution in [-0.4, -0.2) is 20.6 Å². The van der Waals surface area contributed by atoms with E-state index in [1.165, 1.54) is 6.20 Å². The molecule has 1 saturated carbocycles. The number of nitrogens with zero attached hydrogens (tertiary/aromatic N) is 2. The fraction of sp³-hybridized carbons (Fsp3) is 0.190. The lowest BCUT2D eigenvalue weighted by Gasteiger charge is -2.20. The molecule has 0 atom stereocenters. The van der Waals surface area contributed by atoms with Crippen molar-refractivity contribution in [2.45, 2.75) is 25.3 Å². The number of H-pyrrole nitrogens is 1. The van der Waals surface area contributed by atoms with Crippen molar-refractivity contribution in [3.05, 3.63) is 62.4 Å². The molecule has 0 saturated heterocycles. The molecule has 0 radical (unpaired) electrons. The van der Waals surface area contributed by atoms with Gasteiger partial charge in [-0.3, -0.25) is 4.79 Å². The first-order chi connectivity index (χ1) is 14.4. The molecule has 150 valence electrons. The highest BCUT2D eigenvalue weighted by Gasteiger charge is 2.31. The molecule has 1 aromatic carbocycles. The third-order valence-corrected chi connectivity index (χ3v) is 6.11. The molecule has 2 aromatic heterocycles. The third kappa shape index (κ3) is 2.28. The molecule has 3 N–H and O–H groups in total. The van der Waals surface area contributed by atoms with Gasteiger partial charge in [-0.25, -0.2) is 14.2 Å². The summed E-state index contributed by atoms with van der Waals surface area (Å²) in [7, 11) is 0. The van der Waals surface area contributed by atoms with Crippen molar-refractivity contribution in [2.24, 2.45) is 4.99 Å². The first-order valence-corrected chi connectivity index (χ1v) is 9.89. The van der Waals surface area contributed by atoms with Crippen LogP contribution in [0.25, 0.3) is 15.9 Å². The van der Waals surface area contributed by atoms with Gasteiger partial charge in [0.25, 0.3) is 0 Å². The molecule has 3 heterocycles. The van der Waals surface area contributed by atoms with Crippen molar-refractivity contribution in [3.63, 3.8) is 0 Å². The molecule has 0 bridgehead atoms. The van der Waals surface area contributed by atoms with E-state index >= 15 is 4.39 Å². The molecular weight excluding hydrogens is 411 g/mol. The van der Waals surface area contributed by atoms with Crippen molar-refractivity contribution in [3.8, 4) is 0 Å². The van der Waals surface area contributed by atoms with Crippen LogP contribution in [0.2, 0.25) is 0 Å². The zero-order valence-corrected chi connectivity index (χ0v) is 16.2. The number of fused-ring (bicyclic) bond motifs is 6. The first kappa shape index (κ1) is 17.5. The Morgan fingerprint density at radius 2 is 2.13 bits per heavy atom. The van der Waals surface area contributed by atoms with E-state index in [1.807, 2.05) is 6.08 Å². The van der Waals surface area contributed by atoms with E-state index in [4.69, 9.17) is 11.6 Å². The van der Waals surface area contributed by atoms with Gasteiger partial charge in [0, 0.05) is 17.8 Å². The van der Waals surface area contributed by atoms with Gasteiger partial charge in [0.2, 0.25) is 5.43 Å². The predicted octanol–water partition coefficient (Wildman–Crippen LogP) is 2.97. The number of hydrogen-bond acceptors (Lipinski definition) is 4. The van der Waals surface area contributed by atoms with Gasteiger partial charge in [0.1, 0.15) is 22.8 Å². The number of aromatic amines is 1. The minimum Gasteiger partial charge on any atom is -0.477 e. The Balaban J connectivity index is 1.75. The van der Waals surface area contributed by atoms with Crippen LogP contribution in [0.1, 0.15) is 34.8 Å². The number of hydrogen-bond donors (Lipinski definition) is 3. The average molecular weight is 425 g/mol. The fourth-order valence-corrected chi connectivity index (χ4v) is 4.49. The van der Waals surface area contributed by atoms with Crippen LogP contribution in [-0.2, 0) is 6.42 Å². The zero-order chi connectivity index (χ0) is 20.7. The van der Waals surface area contributed by atoms with Gasteiger partial charge < -0.3 is 20.0 Å². The van der Waals surface area contributed by atoms with Gasteiger partial charge in [-0.2, -0.15) is 0 Å². The van der Waals surface area contributed by atoms with Crippen molar-refractivity contribution in [2.75, 3.05) is 5.32 Å². The number of carboxylic acid groups (broad SMARTS) is 1. The Labute approximate surface area is 172 Å². The minimum atomic E-state index is -1.33. The quantitative estimate of drug-likeness (QED) is 0.460. The summed E-state index contributed by atoms with van der Waals surface area (Å²) in [5.41, 5.74) is 1.83. The lowest BCUT2D eigenvalue weighted by atomic mass is 10.1. The molecule has 9 heteroatoms. The summed E-state index contributed by atoms with van der Waals surface area (Å²) in [4.78, 5) is 32.2. The van der Waals surface area contributed by atoms with Gasteiger partial charge in [0.05, 0.1) is 27.0 Å². The van der Waals surface area contributed by atoms with Crippen LogP contribution in [0.15, 0.2) is 34.2 Å². The van der Waals surface area contributed by atoms with Crippen LogP contribution in [0.5, 0.6) is 0 Å². The molecule has 0 unspecified atom stereocenters. The Morgan fingerprint density at radius 1 is 1.33 bits per heavy atom. The van der Waals surface area contributed by atoms with Crippen LogP contribution in [0, 0.1) is 5.82 Å². The molecule has 7 nitrogen and oxygen atoms in total. The van der Waals surface area contributed by atoms with E-state index < -0.39 is 17.2 Å². The van der Waals surface area contributed by atoms with Gasteiger partial charge in [-0.05, 0) is 31.4 Å². The zero-order valence-electron chi connectivity index (χ0n) is 15.4. The van der Waals surface area contributed by atoms with Crippen molar-refractivity contribution in [1.29, 1.82) is 0 Å². The topological polar surface area (TPSA) is 99.5 Å². The molecular formula is C21H14ClFN4O3. The van der Waals surface area contributed by atoms with Crippen LogP contribution < -0.4 is 21.6 Å². The Morgan fingerprint density at radius 3 is 2.87 bits per heavy atom. The number of halogens is 2. The van der Waals surface area contributed by atoms with Crippen LogP contribution in [0.4, 0.5) is 21.5 Å². The van der Waals surface area contributed by atoms with Crippen molar-refractivity contribution >= 4 is 50.6 Å². The summed E-state index contributed by atoms with van der Waals surface area (Å²) < 4.78 is 16.8. The highest BCUT2D eigenvalue weighted by atomic mass is 35.5. The van der Waals surface area contributed by atoms with Crippen LogP contribution >= 0.6 is 11.6 Å². The van der Waals surface area contributed by atoms with Gasteiger partial charge in [-0.15, -0.1) is 0 Å². The van der Waals surface area contributed by atoms with E-state index in [1.54, 1.807) is 10.6 Å². The lowest BCUT2D eigenvalue weighted by Crippen LogP contribution is -2.21. The summed E-state index contributed by atoms with van der Waals surface area (Å²) in [6, 6.07) is 1.16. The molecule has 0 spiro atoms. The van der Waals surface area contributed by atoms with Crippen molar-refractivity contribution < 1.29 is 14.3 Å². The fourth-order valence-electron chi connectivity index (χ4n) is 4.24. The molecule has 3 aromatic rings. The maximum atomic E-state index is 15.1. The maximum Gasteiger partial charge on any atom is 0.341 e. The van der Waals surface area contributed by atoms with E-state index in [0.29, 0.717) is 28.1 Å². The van der Waals surface area contributed by atoms with Crippen LogP contribution in [0.3, 0.4) is 0 Å². The predicted molar refractivity (Wildman–Crippen MR) is 110 cm³/mol. The highest BCUT2D eigenvalue weighted by molar-refractivity contribution is 6.47. The number of carboxylic acids is 1. The Kier molecular flexibility index (Phi) is 3.39. The number of anilines is 2. The normalized spacial score (nSPS) is 16.5. The number of carbonyl (C=O) groups is 1. The number of aromatic carboxylic acids is 1. The number of aromatic nitrogens is 2. The van der Waals surface area contributed by atoms with E-state index in [-0.39, 0.29) is 28.4 Å². The molecule has 3 aliphatic rings. The third-order valence-electron chi connectivity index (χ3n) is 5.79. The summed E-state index contributed by atoms with van der Waals surface area (Å²) in [5.74, 6) is -1.99.